The maximum absolute atomic E-state index is 4.62. The van der Waals surface area contributed by atoms with Gasteiger partial charge < -0.3 is 0 Å². The molecule has 66 valence electrons. The fourth-order valence-corrected chi connectivity index (χ4v) is 3.26. The van der Waals surface area contributed by atoms with Crippen LogP contribution in [-0.2, 0) is 0 Å². The zero-order chi connectivity index (χ0) is 8.77. The van der Waals surface area contributed by atoms with Gasteiger partial charge in [-0.2, -0.15) is 11.8 Å². The molecule has 12 heavy (non-hydrogen) atoms. The second-order valence-corrected chi connectivity index (χ2v) is 5.08. The molecule has 0 saturated carbocycles. The molecule has 0 N–H and O–H groups in total. The number of rotatable bonds is 0. The lowest BCUT2D eigenvalue weighted by atomic mass is 9.87. The van der Waals surface area contributed by atoms with Crippen LogP contribution in [0.4, 0.5) is 0 Å². The van der Waals surface area contributed by atoms with E-state index in [2.05, 4.69) is 23.8 Å². The van der Waals surface area contributed by atoms with Gasteiger partial charge in [-0.25, -0.2) is 4.99 Å². The van der Waals surface area contributed by atoms with Crippen LogP contribution in [-0.4, -0.2) is 28.6 Å². The van der Waals surface area contributed by atoms with Crippen LogP contribution in [0.5, 0.6) is 0 Å². The molecule has 0 aromatic heterocycles. The normalized spacial score (nSPS) is 45.8. The van der Waals surface area contributed by atoms with Crippen molar-refractivity contribution in [1.82, 2.24) is 0 Å². The molecule has 2 aliphatic heterocycles. The van der Waals surface area contributed by atoms with Gasteiger partial charge in [-0.3, -0.25) is 4.99 Å². The molecule has 2 heterocycles. The van der Waals surface area contributed by atoms with E-state index in [4.69, 9.17) is 0 Å². The van der Waals surface area contributed by atoms with Gasteiger partial charge in [0.1, 0.15) is 11.4 Å². The van der Waals surface area contributed by atoms with Crippen molar-refractivity contribution in [2.24, 2.45) is 15.9 Å². The predicted molar refractivity (Wildman–Crippen MR) is 55.4 cm³/mol. The van der Waals surface area contributed by atoms with Crippen molar-refractivity contribution in [2.75, 3.05) is 5.75 Å². The topological polar surface area (TPSA) is 24.7 Å². The third-order valence-corrected chi connectivity index (χ3v) is 4.48. The van der Waals surface area contributed by atoms with Gasteiger partial charge in [0.2, 0.25) is 0 Å². The van der Waals surface area contributed by atoms with Crippen molar-refractivity contribution in [3.63, 3.8) is 0 Å². The summed E-state index contributed by atoms with van der Waals surface area (Å²) in [7, 11) is 0. The Hall–Kier alpha value is -0.310. The van der Waals surface area contributed by atoms with Crippen LogP contribution in [0.3, 0.4) is 0 Å². The number of thioether (sulfide) groups is 1. The van der Waals surface area contributed by atoms with E-state index in [1.165, 1.54) is 0 Å². The molecule has 2 rings (SSSR count). The van der Waals surface area contributed by atoms with Crippen molar-refractivity contribution >= 4 is 23.8 Å². The average molecular weight is 182 g/mol. The molecular weight excluding hydrogens is 168 g/mol. The van der Waals surface area contributed by atoms with E-state index in [0.29, 0.717) is 11.2 Å². The van der Waals surface area contributed by atoms with E-state index in [1.807, 2.05) is 24.9 Å². The van der Waals surface area contributed by atoms with Crippen LogP contribution >= 0.6 is 11.8 Å². The van der Waals surface area contributed by atoms with Gasteiger partial charge in [-0.1, -0.05) is 13.8 Å². The summed E-state index contributed by atoms with van der Waals surface area (Å²) in [6, 6.07) is 0. The van der Waals surface area contributed by atoms with Gasteiger partial charge in [0.05, 0.1) is 0 Å². The third-order valence-electron chi connectivity index (χ3n) is 2.91. The van der Waals surface area contributed by atoms with Crippen molar-refractivity contribution in [2.45, 2.75) is 31.6 Å². The first-order valence-corrected chi connectivity index (χ1v) is 5.42. The summed E-state index contributed by atoms with van der Waals surface area (Å²) in [5.41, 5.74) is 0.0498. The largest absolute Gasteiger partial charge is 0.257 e. The van der Waals surface area contributed by atoms with Crippen molar-refractivity contribution < 1.29 is 0 Å². The Labute approximate surface area is 77.6 Å². The van der Waals surface area contributed by atoms with Crippen LogP contribution in [0.2, 0.25) is 0 Å². The van der Waals surface area contributed by atoms with Crippen molar-refractivity contribution in [1.29, 1.82) is 0 Å². The highest BCUT2D eigenvalue weighted by atomic mass is 32.2. The molecule has 2 nitrogen and oxygen atoms in total. The van der Waals surface area contributed by atoms with Gasteiger partial charge in [0.25, 0.3) is 0 Å². The first-order valence-electron chi connectivity index (χ1n) is 4.37. The number of amidine groups is 1. The molecule has 1 spiro atoms. The lowest BCUT2D eigenvalue weighted by Gasteiger charge is -2.22. The Morgan fingerprint density at radius 3 is 2.75 bits per heavy atom. The average Bonchev–Trinajstić information content (AvgIpc) is 2.53. The highest BCUT2D eigenvalue weighted by molar-refractivity contribution is 8.00. The highest BCUT2D eigenvalue weighted by Gasteiger charge is 2.45. The van der Waals surface area contributed by atoms with E-state index in [9.17, 15) is 0 Å². The molecule has 1 saturated heterocycles. The van der Waals surface area contributed by atoms with Crippen molar-refractivity contribution in [3.05, 3.63) is 0 Å². The molecule has 3 heteroatoms. The Kier molecular flexibility index (Phi) is 1.79. The highest BCUT2D eigenvalue weighted by Crippen LogP contribution is 2.42. The smallest absolute Gasteiger partial charge is 0.120 e. The number of hydrogen-bond acceptors (Lipinski definition) is 3. The summed E-state index contributed by atoms with van der Waals surface area (Å²) in [4.78, 5) is 8.89. The van der Waals surface area contributed by atoms with Crippen LogP contribution in [0.15, 0.2) is 9.98 Å². The Bertz CT molecular complexity index is 259. The molecule has 3 atom stereocenters. The third kappa shape index (κ3) is 1.03. The first kappa shape index (κ1) is 8.30. The summed E-state index contributed by atoms with van der Waals surface area (Å²) >= 11 is 2.01. The minimum atomic E-state index is 0.0498. The van der Waals surface area contributed by atoms with E-state index in [-0.39, 0.29) is 5.54 Å². The standard InChI is InChI=1S/C9H14N2S/c1-6-7(2)12-5-9(6)4-10-8(3)11-9/h4,6-7H,5H2,1-3H3. The molecule has 0 aromatic carbocycles. The maximum Gasteiger partial charge on any atom is 0.120 e. The zero-order valence-electron chi connectivity index (χ0n) is 7.74. The SMILES string of the molecule is CC1=NC2(C=N1)CSC(C)C2C. The Morgan fingerprint density at radius 2 is 2.33 bits per heavy atom. The maximum atomic E-state index is 4.62. The fourth-order valence-electron chi connectivity index (χ4n) is 1.80. The minimum Gasteiger partial charge on any atom is -0.257 e. The van der Waals surface area contributed by atoms with Crippen molar-refractivity contribution in [3.8, 4) is 0 Å². The van der Waals surface area contributed by atoms with Gasteiger partial charge in [-0.05, 0) is 12.8 Å². The number of nitrogens with zero attached hydrogens (tertiary/aromatic N) is 2. The molecular formula is C9H14N2S. The second kappa shape index (κ2) is 2.59. The molecule has 3 unspecified atom stereocenters. The predicted octanol–water partition coefficient (Wildman–Crippen LogP) is 2.00. The lowest BCUT2D eigenvalue weighted by Crippen LogP contribution is -2.35. The fraction of sp³-hybridized carbons (Fsp3) is 0.778. The van der Waals surface area contributed by atoms with Gasteiger partial charge in [0, 0.05) is 17.2 Å². The molecule has 2 aliphatic rings. The van der Waals surface area contributed by atoms with Crippen LogP contribution in [0, 0.1) is 5.92 Å². The van der Waals surface area contributed by atoms with Crippen LogP contribution in [0.25, 0.3) is 0 Å². The molecule has 0 aromatic rings. The van der Waals surface area contributed by atoms with Gasteiger partial charge in [-0.15, -0.1) is 0 Å². The summed E-state index contributed by atoms with van der Waals surface area (Å²) in [5, 5.41) is 0.714. The summed E-state index contributed by atoms with van der Waals surface area (Å²) in [6.45, 7) is 6.53. The zero-order valence-corrected chi connectivity index (χ0v) is 8.56. The molecule has 0 aliphatic carbocycles. The molecule has 1 fully saturated rings. The molecule has 0 bridgehead atoms. The summed E-state index contributed by atoms with van der Waals surface area (Å²) in [6.07, 6.45) is 2.05. The Balaban J connectivity index is 2.30. The number of hydrogen-bond donors (Lipinski definition) is 0. The van der Waals surface area contributed by atoms with E-state index in [1.54, 1.807) is 0 Å². The first-order chi connectivity index (χ1) is 5.64. The van der Waals surface area contributed by atoms with E-state index >= 15 is 0 Å². The van der Waals surface area contributed by atoms with Gasteiger partial charge >= 0.3 is 0 Å². The quantitative estimate of drug-likeness (QED) is 0.562. The second-order valence-electron chi connectivity index (χ2n) is 3.71. The summed E-state index contributed by atoms with van der Waals surface area (Å²) in [5.74, 6) is 2.68. The molecule has 0 radical (unpaired) electrons. The Morgan fingerprint density at radius 1 is 1.58 bits per heavy atom. The molecule has 0 amide bonds. The lowest BCUT2D eigenvalue weighted by molar-refractivity contribution is 0.456. The monoisotopic (exact) mass is 182 g/mol. The van der Waals surface area contributed by atoms with E-state index < -0.39 is 0 Å². The minimum absolute atomic E-state index is 0.0498. The van der Waals surface area contributed by atoms with Gasteiger partial charge in [0.15, 0.2) is 0 Å². The number of aliphatic imine (C=N–C) groups is 2. The van der Waals surface area contributed by atoms with E-state index in [0.717, 1.165) is 11.6 Å². The van der Waals surface area contributed by atoms with Crippen LogP contribution in [0.1, 0.15) is 20.8 Å². The summed E-state index contributed by atoms with van der Waals surface area (Å²) < 4.78 is 0. The van der Waals surface area contributed by atoms with Crippen LogP contribution < -0.4 is 0 Å².